The van der Waals surface area contributed by atoms with Crippen molar-refractivity contribution in [3.63, 3.8) is 0 Å². The zero-order valence-corrected chi connectivity index (χ0v) is 12.4. The van der Waals surface area contributed by atoms with Gasteiger partial charge in [0.05, 0.1) is 14.2 Å². The number of hydrogen-bond acceptors (Lipinski definition) is 2. The van der Waals surface area contributed by atoms with Crippen molar-refractivity contribution in [2.75, 3.05) is 14.2 Å². The maximum Gasteiger partial charge on any atom is 0.122 e. The molecule has 0 aliphatic rings. The maximum atomic E-state index is 5.26. The van der Waals surface area contributed by atoms with Gasteiger partial charge in [0.1, 0.15) is 11.5 Å². The van der Waals surface area contributed by atoms with Crippen molar-refractivity contribution in [3.8, 4) is 11.5 Å². The Hall–Kier alpha value is -0.700. The second kappa shape index (κ2) is 7.59. The lowest BCUT2D eigenvalue weighted by Gasteiger charge is -2.11. The summed E-state index contributed by atoms with van der Waals surface area (Å²) in [6.07, 6.45) is 4.63. The summed E-state index contributed by atoms with van der Waals surface area (Å²) in [6, 6.07) is 6.06. The molecule has 0 aliphatic heterocycles. The maximum absolute atomic E-state index is 5.26. The topological polar surface area (TPSA) is 18.5 Å². The summed E-state index contributed by atoms with van der Waals surface area (Å²) in [5.41, 5.74) is 1.27. The molecular formula is C14H21BrO2. The first-order chi connectivity index (χ1) is 8.19. The molecule has 3 heteroatoms. The van der Waals surface area contributed by atoms with Crippen LogP contribution in [-0.4, -0.2) is 19.0 Å². The van der Waals surface area contributed by atoms with Crippen LogP contribution in [0.1, 0.15) is 31.7 Å². The highest BCUT2D eigenvalue weighted by atomic mass is 79.9. The van der Waals surface area contributed by atoms with Crippen LogP contribution in [0.2, 0.25) is 0 Å². The summed E-state index contributed by atoms with van der Waals surface area (Å²) in [7, 11) is 3.37. The third-order valence-corrected chi connectivity index (χ3v) is 3.68. The second-order valence-corrected chi connectivity index (χ2v) is 5.44. The van der Waals surface area contributed by atoms with Gasteiger partial charge in [-0.05, 0) is 37.0 Å². The molecule has 1 atom stereocenters. The van der Waals surface area contributed by atoms with Crippen molar-refractivity contribution < 1.29 is 9.47 Å². The monoisotopic (exact) mass is 300 g/mol. The van der Waals surface area contributed by atoms with Crippen LogP contribution in [0.5, 0.6) is 11.5 Å². The lowest BCUT2D eigenvalue weighted by atomic mass is 10.1. The van der Waals surface area contributed by atoms with Gasteiger partial charge in [0, 0.05) is 10.9 Å². The molecule has 0 saturated heterocycles. The van der Waals surface area contributed by atoms with Gasteiger partial charge in [-0.25, -0.2) is 0 Å². The number of rotatable bonds is 7. The van der Waals surface area contributed by atoms with Crippen molar-refractivity contribution in [1.82, 2.24) is 0 Å². The van der Waals surface area contributed by atoms with Crippen molar-refractivity contribution in [1.29, 1.82) is 0 Å². The van der Waals surface area contributed by atoms with E-state index in [-0.39, 0.29) is 0 Å². The second-order valence-electron chi connectivity index (χ2n) is 4.15. The number of alkyl halides is 1. The highest BCUT2D eigenvalue weighted by molar-refractivity contribution is 9.09. The number of hydrogen-bond donors (Lipinski definition) is 0. The van der Waals surface area contributed by atoms with Crippen LogP contribution in [0.15, 0.2) is 18.2 Å². The zero-order valence-electron chi connectivity index (χ0n) is 10.8. The van der Waals surface area contributed by atoms with Gasteiger partial charge in [0.2, 0.25) is 0 Å². The molecule has 0 saturated carbocycles. The fourth-order valence-corrected chi connectivity index (χ4v) is 2.48. The Balaban J connectivity index is 2.63. The van der Waals surface area contributed by atoms with E-state index in [4.69, 9.17) is 9.47 Å². The normalized spacial score (nSPS) is 12.2. The van der Waals surface area contributed by atoms with Gasteiger partial charge in [-0.1, -0.05) is 29.3 Å². The molecule has 1 aromatic carbocycles. The summed E-state index contributed by atoms with van der Waals surface area (Å²) >= 11 is 3.70. The van der Waals surface area contributed by atoms with Gasteiger partial charge in [0.15, 0.2) is 0 Å². The Labute approximate surface area is 112 Å². The van der Waals surface area contributed by atoms with Crippen LogP contribution in [-0.2, 0) is 6.42 Å². The Morgan fingerprint density at radius 3 is 2.12 bits per heavy atom. The van der Waals surface area contributed by atoms with E-state index in [1.54, 1.807) is 14.2 Å². The Morgan fingerprint density at radius 2 is 1.65 bits per heavy atom. The molecule has 96 valence electrons. The van der Waals surface area contributed by atoms with E-state index in [2.05, 4.69) is 35.0 Å². The quantitative estimate of drug-likeness (QED) is 0.703. The lowest BCUT2D eigenvalue weighted by molar-refractivity contribution is 0.393. The van der Waals surface area contributed by atoms with E-state index < -0.39 is 0 Å². The Bertz CT molecular complexity index is 317. The third kappa shape index (κ3) is 4.99. The number of halogens is 1. The fourth-order valence-electron chi connectivity index (χ4n) is 1.79. The predicted molar refractivity (Wildman–Crippen MR) is 75.5 cm³/mol. The summed E-state index contributed by atoms with van der Waals surface area (Å²) in [4.78, 5) is 0.602. The number of aryl methyl sites for hydroxylation is 1. The number of methoxy groups -OCH3 is 2. The Kier molecular flexibility index (Phi) is 6.41. The van der Waals surface area contributed by atoms with Crippen molar-refractivity contribution >= 4 is 15.9 Å². The van der Waals surface area contributed by atoms with Gasteiger partial charge >= 0.3 is 0 Å². The van der Waals surface area contributed by atoms with Crippen molar-refractivity contribution in [2.45, 2.75) is 37.4 Å². The molecule has 17 heavy (non-hydrogen) atoms. The minimum atomic E-state index is 0.602. The molecule has 0 amide bonds. The van der Waals surface area contributed by atoms with E-state index in [1.165, 1.54) is 18.4 Å². The van der Waals surface area contributed by atoms with Crippen LogP contribution in [0.3, 0.4) is 0 Å². The summed E-state index contributed by atoms with van der Waals surface area (Å²) < 4.78 is 10.5. The summed E-state index contributed by atoms with van der Waals surface area (Å²) in [6.45, 7) is 2.21. The van der Waals surface area contributed by atoms with Crippen LogP contribution in [0.25, 0.3) is 0 Å². The number of benzene rings is 1. The lowest BCUT2D eigenvalue weighted by Crippen LogP contribution is -2.00. The van der Waals surface area contributed by atoms with Gasteiger partial charge in [0.25, 0.3) is 0 Å². The van der Waals surface area contributed by atoms with Crippen molar-refractivity contribution in [3.05, 3.63) is 23.8 Å². The molecule has 1 rings (SSSR count). The third-order valence-electron chi connectivity index (χ3n) is 2.76. The molecule has 1 unspecified atom stereocenters. The van der Waals surface area contributed by atoms with E-state index >= 15 is 0 Å². The largest absolute Gasteiger partial charge is 0.497 e. The van der Waals surface area contributed by atoms with E-state index in [0.29, 0.717) is 4.83 Å². The van der Waals surface area contributed by atoms with E-state index in [1.807, 2.05) is 6.07 Å². The summed E-state index contributed by atoms with van der Waals surface area (Å²) in [5.74, 6) is 1.72. The average molecular weight is 301 g/mol. The highest BCUT2D eigenvalue weighted by Gasteiger charge is 2.06. The summed E-state index contributed by atoms with van der Waals surface area (Å²) in [5, 5.41) is 0. The van der Waals surface area contributed by atoms with Crippen molar-refractivity contribution in [2.24, 2.45) is 0 Å². The fraction of sp³-hybridized carbons (Fsp3) is 0.571. The van der Waals surface area contributed by atoms with Gasteiger partial charge in [-0.15, -0.1) is 0 Å². The first-order valence-electron chi connectivity index (χ1n) is 6.05. The Morgan fingerprint density at radius 1 is 1.06 bits per heavy atom. The standard InChI is InChI=1S/C14H21BrO2/c1-4-5-12(15)7-6-11-8-13(16-2)10-14(9-11)17-3/h8-10,12H,4-7H2,1-3H3. The molecule has 2 nitrogen and oxygen atoms in total. The molecular weight excluding hydrogens is 280 g/mol. The first kappa shape index (κ1) is 14.4. The smallest absolute Gasteiger partial charge is 0.122 e. The molecule has 0 heterocycles. The van der Waals surface area contributed by atoms with Crippen LogP contribution in [0, 0.1) is 0 Å². The molecule has 0 bridgehead atoms. The minimum Gasteiger partial charge on any atom is -0.497 e. The zero-order chi connectivity index (χ0) is 12.7. The highest BCUT2D eigenvalue weighted by Crippen LogP contribution is 2.24. The SMILES string of the molecule is CCCC(Br)CCc1cc(OC)cc(OC)c1. The molecule has 0 aromatic heterocycles. The predicted octanol–water partition coefficient (Wildman–Crippen LogP) is 4.20. The molecule has 0 spiro atoms. The van der Waals surface area contributed by atoms with Gasteiger partial charge in [-0.2, -0.15) is 0 Å². The van der Waals surface area contributed by atoms with Gasteiger partial charge in [-0.3, -0.25) is 0 Å². The minimum absolute atomic E-state index is 0.602. The van der Waals surface area contributed by atoms with E-state index in [0.717, 1.165) is 24.3 Å². The van der Waals surface area contributed by atoms with Crippen LogP contribution < -0.4 is 9.47 Å². The molecule has 1 aromatic rings. The van der Waals surface area contributed by atoms with Crippen LogP contribution >= 0.6 is 15.9 Å². The molecule has 0 N–H and O–H groups in total. The molecule has 0 aliphatic carbocycles. The van der Waals surface area contributed by atoms with E-state index in [9.17, 15) is 0 Å². The first-order valence-corrected chi connectivity index (χ1v) is 6.97. The number of ether oxygens (including phenoxy) is 2. The molecule has 0 radical (unpaired) electrons. The average Bonchev–Trinajstić information content (AvgIpc) is 2.36. The van der Waals surface area contributed by atoms with Crippen LogP contribution in [0.4, 0.5) is 0 Å². The van der Waals surface area contributed by atoms with Gasteiger partial charge < -0.3 is 9.47 Å². The molecule has 0 fully saturated rings.